The van der Waals surface area contributed by atoms with Gasteiger partial charge >= 0.3 is 0 Å². The number of benzene rings is 1. The number of piperidine rings is 2. The number of hydrogen-bond donors (Lipinski definition) is 3. The third-order valence-electron chi connectivity index (χ3n) is 7.17. The van der Waals surface area contributed by atoms with E-state index in [1.54, 1.807) is 6.07 Å². The maximum absolute atomic E-state index is 13.4. The van der Waals surface area contributed by atoms with Crippen LogP contribution in [0.4, 0.5) is 4.39 Å². The summed E-state index contributed by atoms with van der Waals surface area (Å²) in [6, 6.07) is 4.93. The Morgan fingerprint density at radius 3 is 2.59 bits per heavy atom. The summed E-state index contributed by atoms with van der Waals surface area (Å²) in [5.41, 5.74) is 2.27. The molecular formula is C24H38FIN6. The number of H-pyrrole nitrogens is 1. The van der Waals surface area contributed by atoms with Crippen LogP contribution >= 0.6 is 24.0 Å². The lowest BCUT2D eigenvalue weighted by atomic mass is 9.84. The molecule has 1 aromatic heterocycles. The Morgan fingerprint density at radius 2 is 1.88 bits per heavy atom. The molecule has 6 nitrogen and oxygen atoms in total. The van der Waals surface area contributed by atoms with Crippen molar-refractivity contribution in [2.45, 2.75) is 44.1 Å². The molecule has 0 amide bonds. The first-order chi connectivity index (χ1) is 15.1. The molecule has 0 spiro atoms. The lowest BCUT2D eigenvalue weighted by Crippen LogP contribution is -2.62. The van der Waals surface area contributed by atoms with Crippen LogP contribution in [0.15, 0.2) is 29.4 Å². The lowest BCUT2D eigenvalue weighted by molar-refractivity contribution is 0.0173. The molecule has 32 heavy (non-hydrogen) atoms. The average molecular weight is 557 g/mol. The Hall–Kier alpha value is -1.39. The number of hydrogen-bond acceptors (Lipinski definition) is 3. The van der Waals surface area contributed by atoms with E-state index < -0.39 is 0 Å². The van der Waals surface area contributed by atoms with Gasteiger partial charge in [0.1, 0.15) is 5.82 Å². The molecule has 2 aromatic rings. The van der Waals surface area contributed by atoms with Crippen LogP contribution in [0.2, 0.25) is 0 Å². The van der Waals surface area contributed by atoms with Crippen LogP contribution in [0.5, 0.6) is 0 Å². The SMILES string of the molecule is CN=C(NCCc1c[nH]c2cc(F)ccc12)NCC1(N2CCCCC2)CCN(C)CC1.I. The summed E-state index contributed by atoms with van der Waals surface area (Å²) < 4.78 is 13.4. The van der Waals surface area contributed by atoms with Crippen molar-refractivity contribution >= 4 is 40.8 Å². The maximum Gasteiger partial charge on any atom is 0.191 e. The van der Waals surface area contributed by atoms with Gasteiger partial charge in [0, 0.05) is 42.8 Å². The van der Waals surface area contributed by atoms with Crippen molar-refractivity contribution in [3.8, 4) is 0 Å². The van der Waals surface area contributed by atoms with Gasteiger partial charge < -0.3 is 20.5 Å². The summed E-state index contributed by atoms with van der Waals surface area (Å²) in [7, 11) is 4.07. The maximum atomic E-state index is 13.4. The summed E-state index contributed by atoms with van der Waals surface area (Å²) in [6.45, 7) is 6.48. The molecule has 2 aliphatic rings. The monoisotopic (exact) mass is 556 g/mol. The van der Waals surface area contributed by atoms with Crippen LogP contribution in [-0.2, 0) is 6.42 Å². The number of nitrogens with zero attached hydrogens (tertiary/aromatic N) is 3. The zero-order valence-corrected chi connectivity index (χ0v) is 21.8. The number of halogens is 2. The summed E-state index contributed by atoms with van der Waals surface area (Å²) >= 11 is 0. The Kier molecular flexibility index (Phi) is 9.19. The van der Waals surface area contributed by atoms with Gasteiger partial charge in [-0.3, -0.25) is 9.89 Å². The van der Waals surface area contributed by atoms with Gasteiger partial charge in [0.2, 0.25) is 0 Å². The van der Waals surface area contributed by atoms with Crippen LogP contribution < -0.4 is 10.6 Å². The Bertz CT molecular complexity index is 884. The second-order valence-electron chi connectivity index (χ2n) is 9.18. The van der Waals surface area contributed by atoms with Crippen molar-refractivity contribution < 1.29 is 4.39 Å². The van der Waals surface area contributed by atoms with E-state index in [1.165, 1.54) is 56.8 Å². The minimum atomic E-state index is -0.208. The van der Waals surface area contributed by atoms with Gasteiger partial charge in [-0.15, -0.1) is 24.0 Å². The fourth-order valence-corrected chi connectivity index (χ4v) is 5.16. The number of nitrogens with one attached hydrogen (secondary N) is 3. The number of likely N-dealkylation sites (tertiary alicyclic amines) is 2. The highest BCUT2D eigenvalue weighted by atomic mass is 127. The highest BCUT2D eigenvalue weighted by Gasteiger charge is 2.39. The van der Waals surface area contributed by atoms with E-state index in [2.05, 4.69) is 37.5 Å². The molecule has 0 radical (unpaired) electrons. The van der Waals surface area contributed by atoms with Gasteiger partial charge in [0.05, 0.1) is 0 Å². The fraction of sp³-hybridized carbons (Fsp3) is 0.625. The number of guanidine groups is 1. The normalized spacial score (nSPS) is 20.2. The highest BCUT2D eigenvalue weighted by Crippen LogP contribution is 2.30. The van der Waals surface area contributed by atoms with Gasteiger partial charge in [-0.1, -0.05) is 6.42 Å². The zero-order chi connectivity index (χ0) is 21.7. The third-order valence-corrected chi connectivity index (χ3v) is 7.17. The van der Waals surface area contributed by atoms with Crippen molar-refractivity contribution in [3.05, 3.63) is 35.8 Å². The highest BCUT2D eigenvalue weighted by molar-refractivity contribution is 14.0. The summed E-state index contributed by atoms with van der Waals surface area (Å²) in [4.78, 5) is 12.8. The quantitative estimate of drug-likeness (QED) is 0.289. The minimum Gasteiger partial charge on any atom is -0.361 e. The van der Waals surface area contributed by atoms with E-state index >= 15 is 0 Å². The molecule has 0 saturated carbocycles. The van der Waals surface area contributed by atoms with E-state index in [0.29, 0.717) is 0 Å². The molecule has 0 bridgehead atoms. The molecule has 0 aliphatic carbocycles. The summed E-state index contributed by atoms with van der Waals surface area (Å²) in [6.07, 6.45) is 9.25. The molecule has 2 fully saturated rings. The van der Waals surface area contributed by atoms with E-state index in [1.807, 2.05) is 19.3 Å². The predicted molar refractivity (Wildman–Crippen MR) is 142 cm³/mol. The molecule has 178 valence electrons. The zero-order valence-electron chi connectivity index (χ0n) is 19.4. The Labute approximate surface area is 208 Å². The standard InChI is InChI=1S/C24H37FN6.HI/c1-26-23(27-11-8-19-17-28-22-16-20(25)6-7-21(19)22)29-18-24(9-14-30(2)15-10-24)31-12-4-3-5-13-31;/h6-7,16-17,28H,3-5,8-15,18H2,1-2H3,(H2,26,27,29);1H. The largest absolute Gasteiger partial charge is 0.361 e. The molecule has 8 heteroatoms. The number of aromatic nitrogens is 1. The van der Waals surface area contributed by atoms with Crippen molar-refractivity contribution in [1.29, 1.82) is 0 Å². The molecule has 2 saturated heterocycles. The molecule has 0 unspecified atom stereocenters. The number of aliphatic imine (C=N–C) groups is 1. The Morgan fingerprint density at radius 1 is 1.12 bits per heavy atom. The number of aromatic amines is 1. The Balaban J connectivity index is 0.00000289. The topological polar surface area (TPSA) is 58.7 Å². The van der Waals surface area contributed by atoms with Crippen LogP contribution in [-0.4, -0.2) is 79.6 Å². The van der Waals surface area contributed by atoms with E-state index in [-0.39, 0.29) is 35.3 Å². The van der Waals surface area contributed by atoms with E-state index in [9.17, 15) is 4.39 Å². The first-order valence-corrected chi connectivity index (χ1v) is 11.7. The van der Waals surface area contributed by atoms with Crippen LogP contribution in [0.25, 0.3) is 10.9 Å². The second-order valence-corrected chi connectivity index (χ2v) is 9.18. The van der Waals surface area contributed by atoms with Crippen LogP contribution in [0, 0.1) is 5.82 Å². The molecule has 3 N–H and O–H groups in total. The summed E-state index contributed by atoms with van der Waals surface area (Å²) in [5, 5.41) is 8.20. The smallest absolute Gasteiger partial charge is 0.191 e. The van der Waals surface area contributed by atoms with Gasteiger partial charge in [-0.05, 0) is 89.1 Å². The molecular weight excluding hydrogens is 518 g/mol. The fourth-order valence-electron chi connectivity index (χ4n) is 5.16. The van der Waals surface area contributed by atoms with E-state index in [4.69, 9.17) is 0 Å². The average Bonchev–Trinajstić information content (AvgIpc) is 3.20. The predicted octanol–water partition coefficient (Wildman–Crippen LogP) is 3.58. The van der Waals surface area contributed by atoms with E-state index in [0.717, 1.165) is 49.5 Å². The first kappa shape index (κ1) is 25.2. The molecule has 4 rings (SSSR count). The number of fused-ring (bicyclic) bond motifs is 1. The van der Waals surface area contributed by atoms with Gasteiger partial charge in [-0.25, -0.2) is 4.39 Å². The summed E-state index contributed by atoms with van der Waals surface area (Å²) in [5.74, 6) is 0.654. The van der Waals surface area contributed by atoms with Crippen molar-refractivity contribution in [2.24, 2.45) is 4.99 Å². The van der Waals surface area contributed by atoms with Gasteiger partial charge in [-0.2, -0.15) is 0 Å². The van der Waals surface area contributed by atoms with Crippen LogP contribution in [0.3, 0.4) is 0 Å². The van der Waals surface area contributed by atoms with Crippen LogP contribution in [0.1, 0.15) is 37.7 Å². The molecule has 0 atom stereocenters. The number of rotatable bonds is 6. The van der Waals surface area contributed by atoms with Crippen molar-refractivity contribution in [3.63, 3.8) is 0 Å². The lowest BCUT2D eigenvalue weighted by Gasteiger charge is -2.50. The second kappa shape index (κ2) is 11.7. The molecule has 3 heterocycles. The van der Waals surface area contributed by atoms with Crippen molar-refractivity contribution in [1.82, 2.24) is 25.4 Å². The molecule has 2 aliphatic heterocycles. The first-order valence-electron chi connectivity index (χ1n) is 11.7. The molecule has 1 aromatic carbocycles. The van der Waals surface area contributed by atoms with Crippen molar-refractivity contribution in [2.75, 3.05) is 53.4 Å². The van der Waals surface area contributed by atoms with Gasteiger partial charge in [0.15, 0.2) is 5.96 Å². The van der Waals surface area contributed by atoms with Gasteiger partial charge in [0.25, 0.3) is 0 Å². The minimum absolute atomic E-state index is 0. The third kappa shape index (κ3) is 5.94.